The second kappa shape index (κ2) is 2.10. The van der Waals surface area contributed by atoms with E-state index in [0.717, 1.165) is 0 Å². The van der Waals surface area contributed by atoms with Crippen LogP contribution in [-0.2, 0) is 0 Å². The molecule has 1 heterocycles. The van der Waals surface area contributed by atoms with E-state index in [2.05, 4.69) is 19.6 Å². The molecular weight excluding hydrogens is 164 g/mol. The molecule has 0 aromatic carbocycles. The van der Waals surface area contributed by atoms with Crippen LogP contribution in [0.3, 0.4) is 0 Å². The summed E-state index contributed by atoms with van der Waals surface area (Å²) in [5, 5.41) is 0. The van der Waals surface area contributed by atoms with Gasteiger partial charge in [-0.1, -0.05) is 25.7 Å². The molecule has 0 radical (unpaired) electrons. The first kappa shape index (κ1) is 7.83. The van der Waals surface area contributed by atoms with E-state index in [4.69, 9.17) is 11.1 Å². The van der Waals surface area contributed by atoms with Crippen LogP contribution < -0.4 is 0 Å². The third-order valence-corrected chi connectivity index (χ3v) is 14.1. The van der Waals surface area contributed by atoms with Crippen molar-refractivity contribution in [2.45, 2.75) is 37.4 Å². The SMILES string of the molecule is C[Si]1(C)CC[Si](C)(Cl)C1. The van der Waals surface area contributed by atoms with Gasteiger partial charge in [-0.3, -0.25) is 0 Å². The van der Waals surface area contributed by atoms with Gasteiger partial charge >= 0.3 is 0 Å². The Hall–Kier alpha value is 0.724. The fourth-order valence-corrected chi connectivity index (χ4v) is 20.1. The van der Waals surface area contributed by atoms with Crippen LogP contribution in [-0.4, -0.2) is 15.5 Å². The summed E-state index contributed by atoms with van der Waals surface area (Å²) in [6.45, 7) is 7.25. The summed E-state index contributed by atoms with van der Waals surface area (Å²) in [4.78, 5) is 0. The van der Waals surface area contributed by atoms with Crippen LogP contribution in [0.2, 0.25) is 37.4 Å². The van der Waals surface area contributed by atoms with Gasteiger partial charge in [0.25, 0.3) is 0 Å². The predicted molar refractivity (Wildman–Crippen MR) is 49.4 cm³/mol. The van der Waals surface area contributed by atoms with Gasteiger partial charge in [0.15, 0.2) is 7.38 Å². The molecule has 0 spiro atoms. The topological polar surface area (TPSA) is 0 Å². The van der Waals surface area contributed by atoms with Gasteiger partial charge in [0.05, 0.1) is 0 Å². The monoisotopic (exact) mass is 178 g/mol. The summed E-state index contributed by atoms with van der Waals surface area (Å²) < 4.78 is 0. The summed E-state index contributed by atoms with van der Waals surface area (Å²) in [6, 6.07) is 2.87. The molecule has 0 nitrogen and oxygen atoms in total. The summed E-state index contributed by atoms with van der Waals surface area (Å²) in [5.74, 6) is 0. The zero-order chi connectivity index (χ0) is 7.12. The Labute approximate surface area is 64.3 Å². The smallest absolute Gasteiger partial charge is 0.150 e. The van der Waals surface area contributed by atoms with Crippen molar-refractivity contribution in [3.63, 3.8) is 0 Å². The van der Waals surface area contributed by atoms with E-state index in [1.54, 1.807) is 0 Å². The zero-order valence-electron chi connectivity index (χ0n) is 6.50. The van der Waals surface area contributed by atoms with Crippen molar-refractivity contribution in [1.29, 1.82) is 0 Å². The standard InChI is InChI=1S/C6H15ClSi2/c1-8(2)4-5-9(3,7)6-8/h4-6H2,1-3H3. The van der Waals surface area contributed by atoms with Crippen LogP contribution in [0.4, 0.5) is 0 Å². The molecule has 1 fully saturated rings. The fraction of sp³-hybridized carbons (Fsp3) is 1.00. The van der Waals surface area contributed by atoms with Crippen molar-refractivity contribution >= 4 is 26.5 Å². The maximum Gasteiger partial charge on any atom is 0.150 e. The molecule has 1 atom stereocenters. The van der Waals surface area contributed by atoms with E-state index in [1.807, 2.05) is 0 Å². The van der Waals surface area contributed by atoms with Crippen molar-refractivity contribution in [3.8, 4) is 0 Å². The highest BCUT2D eigenvalue weighted by Crippen LogP contribution is 2.39. The van der Waals surface area contributed by atoms with Gasteiger partial charge in [-0.25, -0.2) is 0 Å². The molecule has 3 heteroatoms. The molecule has 1 saturated heterocycles. The Morgan fingerprint density at radius 1 is 1.11 bits per heavy atom. The van der Waals surface area contributed by atoms with Crippen LogP contribution in [0.25, 0.3) is 0 Å². The highest BCUT2D eigenvalue weighted by atomic mass is 35.6. The van der Waals surface area contributed by atoms with Crippen molar-refractivity contribution in [2.75, 3.05) is 0 Å². The molecule has 1 aliphatic rings. The third kappa shape index (κ3) is 2.09. The summed E-state index contributed by atoms with van der Waals surface area (Å²) >= 11 is 6.33. The molecule has 54 valence electrons. The van der Waals surface area contributed by atoms with Crippen molar-refractivity contribution in [3.05, 3.63) is 0 Å². The largest absolute Gasteiger partial charge is 0.168 e. The molecule has 0 aromatic heterocycles. The predicted octanol–water partition coefficient (Wildman–Crippen LogP) is 3.06. The molecule has 0 saturated carbocycles. The maximum absolute atomic E-state index is 6.33. The molecule has 0 aromatic rings. The van der Waals surface area contributed by atoms with Crippen LogP contribution in [0.5, 0.6) is 0 Å². The average molecular weight is 179 g/mol. The van der Waals surface area contributed by atoms with Gasteiger partial charge in [0.1, 0.15) is 0 Å². The maximum atomic E-state index is 6.33. The fourth-order valence-electron chi connectivity index (χ4n) is 1.77. The summed E-state index contributed by atoms with van der Waals surface area (Å²) in [6.07, 6.45) is 0. The number of hydrogen-bond donors (Lipinski definition) is 0. The molecule has 0 aliphatic carbocycles. The lowest BCUT2D eigenvalue weighted by Gasteiger charge is -2.15. The van der Waals surface area contributed by atoms with Gasteiger partial charge in [-0.05, 0) is 11.7 Å². The molecule has 9 heavy (non-hydrogen) atoms. The summed E-state index contributed by atoms with van der Waals surface area (Å²) in [5.41, 5.74) is 1.45. The Balaban J connectivity index is 2.58. The van der Waals surface area contributed by atoms with Gasteiger partial charge in [0.2, 0.25) is 0 Å². The van der Waals surface area contributed by atoms with Gasteiger partial charge in [-0.2, -0.15) is 11.1 Å². The highest BCUT2D eigenvalue weighted by Gasteiger charge is 2.41. The minimum atomic E-state index is -1.14. The Morgan fingerprint density at radius 2 is 1.67 bits per heavy atom. The number of hydrogen-bond acceptors (Lipinski definition) is 0. The van der Waals surface area contributed by atoms with Crippen LogP contribution in [0, 0.1) is 0 Å². The number of halogens is 1. The Morgan fingerprint density at radius 3 is 1.78 bits per heavy atom. The van der Waals surface area contributed by atoms with E-state index in [9.17, 15) is 0 Å². The molecule has 0 bridgehead atoms. The van der Waals surface area contributed by atoms with Crippen molar-refractivity contribution < 1.29 is 0 Å². The molecular formula is C6H15ClSi2. The second-order valence-electron chi connectivity index (χ2n) is 4.25. The van der Waals surface area contributed by atoms with E-state index in [0.29, 0.717) is 0 Å². The summed E-state index contributed by atoms with van der Waals surface area (Å²) in [7, 11) is -1.89. The lowest BCUT2D eigenvalue weighted by Crippen LogP contribution is -2.26. The van der Waals surface area contributed by atoms with Crippen molar-refractivity contribution in [1.82, 2.24) is 0 Å². The van der Waals surface area contributed by atoms with E-state index in [1.165, 1.54) is 17.8 Å². The lowest BCUT2D eigenvalue weighted by atomic mass is 10.9. The van der Waals surface area contributed by atoms with Crippen LogP contribution >= 0.6 is 11.1 Å². The molecule has 1 aliphatic heterocycles. The lowest BCUT2D eigenvalue weighted by molar-refractivity contribution is 1.37. The average Bonchev–Trinajstić information content (AvgIpc) is 1.78. The normalized spacial score (nSPS) is 41.3. The van der Waals surface area contributed by atoms with E-state index in [-0.39, 0.29) is 0 Å². The third-order valence-electron chi connectivity index (χ3n) is 2.17. The Bertz CT molecular complexity index is 106. The molecule has 1 unspecified atom stereocenters. The van der Waals surface area contributed by atoms with Crippen LogP contribution in [0.15, 0.2) is 0 Å². The van der Waals surface area contributed by atoms with Crippen molar-refractivity contribution in [2.24, 2.45) is 0 Å². The highest BCUT2D eigenvalue weighted by molar-refractivity contribution is 7.26. The van der Waals surface area contributed by atoms with Crippen LogP contribution in [0.1, 0.15) is 0 Å². The quantitative estimate of drug-likeness (QED) is 0.395. The van der Waals surface area contributed by atoms with E-state index < -0.39 is 15.5 Å². The first-order valence-electron chi connectivity index (χ1n) is 3.60. The zero-order valence-corrected chi connectivity index (χ0v) is 9.26. The molecule has 1 rings (SSSR count). The molecule has 0 N–H and O–H groups in total. The Kier molecular flexibility index (Phi) is 1.83. The van der Waals surface area contributed by atoms with Gasteiger partial charge in [-0.15, -0.1) is 0 Å². The minimum absolute atomic E-state index is 0.746. The minimum Gasteiger partial charge on any atom is -0.168 e. The van der Waals surface area contributed by atoms with Gasteiger partial charge < -0.3 is 0 Å². The van der Waals surface area contributed by atoms with E-state index >= 15 is 0 Å². The molecule has 0 amide bonds. The second-order valence-corrected chi connectivity index (χ2v) is 16.6. The first-order chi connectivity index (χ1) is 3.91. The van der Waals surface area contributed by atoms with Gasteiger partial charge in [0, 0.05) is 8.07 Å². The first-order valence-corrected chi connectivity index (χ1v) is 10.9. The number of rotatable bonds is 0.